The minimum Gasteiger partial charge on any atom is -0.348 e. The third-order valence-electron chi connectivity index (χ3n) is 4.17. The summed E-state index contributed by atoms with van der Waals surface area (Å²) >= 11 is 1.75. The maximum absolute atomic E-state index is 5.88. The second-order valence-corrected chi connectivity index (χ2v) is 6.25. The molecule has 1 aliphatic rings. The maximum atomic E-state index is 5.88. The van der Waals surface area contributed by atoms with Gasteiger partial charge in [0.25, 0.3) is 0 Å². The van der Waals surface area contributed by atoms with Gasteiger partial charge in [0.05, 0.1) is 0 Å². The first-order valence-corrected chi connectivity index (χ1v) is 7.38. The number of hydrogen-bond acceptors (Lipinski definition) is 4. The highest BCUT2D eigenvalue weighted by molar-refractivity contribution is 7.15. The van der Waals surface area contributed by atoms with Gasteiger partial charge < -0.3 is 10.6 Å². The van der Waals surface area contributed by atoms with Crippen LogP contribution in [0.1, 0.15) is 51.0 Å². The first-order chi connectivity index (χ1) is 8.10. The van der Waals surface area contributed by atoms with Gasteiger partial charge in [0.15, 0.2) is 5.13 Å². The highest BCUT2D eigenvalue weighted by Gasteiger charge is 2.35. The summed E-state index contributed by atoms with van der Waals surface area (Å²) in [6.45, 7) is 8.94. The van der Waals surface area contributed by atoms with E-state index in [1.54, 1.807) is 11.3 Å². The van der Waals surface area contributed by atoms with Gasteiger partial charge in [0.1, 0.15) is 0 Å². The van der Waals surface area contributed by atoms with Gasteiger partial charge in [-0.15, -0.1) is 11.3 Å². The quantitative estimate of drug-likeness (QED) is 0.896. The van der Waals surface area contributed by atoms with Crippen molar-refractivity contribution in [1.82, 2.24) is 4.98 Å². The van der Waals surface area contributed by atoms with Crippen LogP contribution in [-0.4, -0.2) is 18.1 Å². The van der Waals surface area contributed by atoms with Crippen molar-refractivity contribution < 1.29 is 0 Å². The van der Waals surface area contributed by atoms with Crippen molar-refractivity contribution in [2.75, 3.05) is 18.0 Å². The molecule has 0 aromatic carbocycles. The van der Waals surface area contributed by atoms with E-state index in [4.69, 9.17) is 5.73 Å². The van der Waals surface area contributed by atoms with Crippen LogP contribution in [0.5, 0.6) is 0 Å². The highest BCUT2D eigenvalue weighted by Crippen LogP contribution is 2.40. The lowest BCUT2D eigenvalue weighted by molar-refractivity contribution is 0.301. The van der Waals surface area contributed by atoms with Gasteiger partial charge in [-0.1, -0.05) is 13.8 Å². The number of aromatic nitrogens is 1. The van der Waals surface area contributed by atoms with Crippen LogP contribution in [-0.2, 0) is 0 Å². The Morgan fingerprint density at radius 2 is 2.24 bits per heavy atom. The SMILES string of the molecule is CCC1(CC)CCN(c2ncc(C(C)N)s2)C1. The Balaban J connectivity index is 2.09. The molecule has 2 rings (SSSR count). The largest absolute Gasteiger partial charge is 0.348 e. The van der Waals surface area contributed by atoms with Gasteiger partial charge in [0.2, 0.25) is 0 Å². The van der Waals surface area contributed by atoms with Gasteiger partial charge in [-0.05, 0) is 31.6 Å². The highest BCUT2D eigenvalue weighted by atomic mass is 32.1. The number of thiazole rings is 1. The first-order valence-electron chi connectivity index (χ1n) is 6.56. The van der Waals surface area contributed by atoms with Crippen LogP contribution >= 0.6 is 11.3 Å². The fraction of sp³-hybridized carbons (Fsp3) is 0.769. The molecule has 2 N–H and O–H groups in total. The van der Waals surface area contributed by atoms with Crippen LogP contribution in [0.3, 0.4) is 0 Å². The van der Waals surface area contributed by atoms with Crippen LogP contribution < -0.4 is 10.6 Å². The minimum absolute atomic E-state index is 0.103. The average molecular weight is 253 g/mol. The summed E-state index contributed by atoms with van der Waals surface area (Å²) in [4.78, 5) is 8.14. The van der Waals surface area contributed by atoms with Crippen LogP contribution in [0.25, 0.3) is 0 Å². The van der Waals surface area contributed by atoms with E-state index in [0.29, 0.717) is 5.41 Å². The third-order valence-corrected chi connectivity index (χ3v) is 5.43. The summed E-state index contributed by atoms with van der Waals surface area (Å²) in [7, 11) is 0. The Morgan fingerprint density at radius 1 is 1.53 bits per heavy atom. The third kappa shape index (κ3) is 2.47. The predicted octanol–water partition coefficient (Wildman–Crippen LogP) is 3.18. The minimum atomic E-state index is 0.103. The summed E-state index contributed by atoms with van der Waals surface area (Å²) in [6, 6.07) is 0.103. The molecule has 0 spiro atoms. The molecule has 0 bridgehead atoms. The maximum Gasteiger partial charge on any atom is 0.185 e. The lowest BCUT2D eigenvalue weighted by Crippen LogP contribution is -2.25. The summed E-state index contributed by atoms with van der Waals surface area (Å²) in [5.74, 6) is 0. The normalized spacial score (nSPS) is 20.8. The zero-order valence-corrected chi connectivity index (χ0v) is 11.9. The number of nitrogens with two attached hydrogens (primary N) is 1. The molecule has 1 unspecified atom stereocenters. The molecule has 0 saturated carbocycles. The molecule has 3 nitrogen and oxygen atoms in total. The molecule has 0 amide bonds. The summed E-state index contributed by atoms with van der Waals surface area (Å²) in [6.07, 6.45) is 5.77. The zero-order chi connectivity index (χ0) is 12.5. The molecule has 1 atom stereocenters. The van der Waals surface area contributed by atoms with E-state index in [-0.39, 0.29) is 6.04 Å². The molecule has 17 heavy (non-hydrogen) atoms. The van der Waals surface area contributed by atoms with Crippen LogP contribution in [0, 0.1) is 5.41 Å². The van der Waals surface area contributed by atoms with E-state index in [0.717, 1.165) is 18.2 Å². The van der Waals surface area contributed by atoms with Crippen molar-refractivity contribution in [2.24, 2.45) is 11.1 Å². The zero-order valence-electron chi connectivity index (χ0n) is 11.1. The van der Waals surface area contributed by atoms with Gasteiger partial charge in [0, 0.05) is 30.2 Å². The number of rotatable bonds is 4. The fourth-order valence-electron chi connectivity index (χ4n) is 2.56. The van der Waals surface area contributed by atoms with Crippen molar-refractivity contribution in [3.63, 3.8) is 0 Å². The average Bonchev–Trinajstić information content (AvgIpc) is 2.96. The van der Waals surface area contributed by atoms with E-state index in [2.05, 4.69) is 23.7 Å². The number of nitrogens with zero attached hydrogens (tertiary/aromatic N) is 2. The molecule has 1 saturated heterocycles. The second kappa shape index (κ2) is 4.94. The van der Waals surface area contributed by atoms with E-state index in [1.165, 1.54) is 24.1 Å². The van der Waals surface area contributed by atoms with Gasteiger partial charge in [-0.25, -0.2) is 4.98 Å². The molecule has 1 fully saturated rings. The number of hydrogen-bond donors (Lipinski definition) is 1. The van der Waals surface area contributed by atoms with Crippen LogP contribution in [0.15, 0.2) is 6.20 Å². The molecular formula is C13H23N3S. The van der Waals surface area contributed by atoms with Crippen molar-refractivity contribution in [3.8, 4) is 0 Å². The fourth-order valence-corrected chi connectivity index (χ4v) is 3.45. The van der Waals surface area contributed by atoms with Crippen molar-refractivity contribution in [3.05, 3.63) is 11.1 Å². The summed E-state index contributed by atoms with van der Waals surface area (Å²) < 4.78 is 0. The predicted molar refractivity (Wildman–Crippen MR) is 74.6 cm³/mol. The smallest absolute Gasteiger partial charge is 0.185 e. The molecule has 1 aromatic heterocycles. The summed E-state index contributed by atoms with van der Waals surface area (Å²) in [5, 5.41) is 1.15. The molecular weight excluding hydrogens is 230 g/mol. The van der Waals surface area contributed by atoms with Crippen LogP contribution in [0.4, 0.5) is 5.13 Å². The van der Waals surface area contributed by atoms with Gasteiger partial charge >= 0.3 is 0 Å². The summed E-state index contributed by atoms with van der Waals surface area (Å²) in [5.41, 5.74) is 6.40. The second-order valence-electron chi connectivity index (χ2n) is 5.21. The number of anilines is 1. The topological polar surface area (TPSA) is 42.2 Å². The van der Waals surface area contributed by atoms with Crippen molar-refractivity contribution >= 4 is 16.5 Å². The van der Waals surface area contributed by atoms with Crippen molar-refractivity contribution in [2.45, 2.75) is 46.1 Å². The van der Waals surface area contributed by atoms with Crippen molar-refractivity contribution in [1.29, 1.82) is 0 Å². The standard InChI is InChI=1S/C13H23N3S/c1-4-13(5-2)6-7-16(9-13)12-15-8-11(17-12)10(3)14/h8,10H,4-7,9,14H2,1-3H3. The molecule has 0 aliphatic carbocycles. The van der Waals surface area contributed by atoms with E-state index >= 15 is 0 Å². The molecule has 1 aromatic rings. The van der Waals surface area contributed by atoms with E-state index in [9.17, 15) is 0 Å². The molecule has 2 heterocycles. The monoisotopic (exact) mass is 253 g/mol. The Kier molecular flexibility index (Phi) is 3.73. The van der Waals surface area contributed by atoms with Gasteiger partial charge in [-0.3, -0.25) is 0 Å². The lowest BCUT2D eigenvalue weighted by Gasteiger charge is -2.26. The molecule has 96 valence electrons. The molecule has 1 aliphatic heterocycles. The Labute approximate surface area is 108 Å². The van der Waals surface area contributed by atoms with Crippen LogP contribution in [0.2, 0.25) is 0 Å². The Hall–Kier alpha value is -0.610. The van der Waals surface area contributed by atoms with E-state index < -0.39 is 0 Å². The lowest BCUT2D eigenvalue weighted by atomic mass is 9.82. The molecule has 0 radical (unpaired) electrons. The van der Waals surface area contributed by atoms with E-state index in [1.807, 2.05) is 13.1 Å². The molecule has 4 heteroatoms. The first kappa shape index (κ1) is 12.8. The Bertz CT molecular complexity index is 368. The van der Waals surface area contributed by atoms with Gasteiger partial charge in [-0.2, -0.15) is 0 Å². The Morgan fingerprint density at radius 3 is 2.71 bits per heavy atom.